The Bertz CT molecular complexity index is 921. The molecule has 216 valence electrons. The van der Waals surface area contributed by atoms with Crippen LogP contribution in [0.5, 0.6) is 0 Å². The van der Waals surface area contributed by atoms with Gasteiger partial charge in [-0.05, 0) is 11.5 Å². The summed E-state index contributed by atoms with van der Waals surface area (Å²) < 4.78 is 77.0. The number of aliphatic carboxylic acids is 2. The minimum absolute atomic E-state index is 0.0353. The number of carboxylic acid groups (broad SMARTS) is 2. The molecule has 38 heavy (non-hydrogen) atoms. The fourth-order valence-electron chi connectivity index (χ4n) is 2.88. The molecule has 0 aliphatic carbocycles. The Hall–Kier alpha value is -3.36. The van der Waals surface area contributed by atoms with E-state index >= 15 is 0 Å². The number of hydrogen-bond donors (Lipinski definition) is 3. The van der Waals surface area contributed by atoms with E-state index < -0.39 is 72.5 Å². The number of quaternary nitrogens is 1. The molecular weight excluding hydrogens is 530 g/mol. The van der Waals surface area contributed by atoms with E-state index in [1.807, 2.05) is 0 Å². The molecule has 9 nitrogen and oxygen atoms in total. The number of rotatable bonds is 11. The van der Waals surface area contributed by atoms with Crippen LogP contribution in [0, 0.1) is 11.8 Å². The number of hydrogen-bond acceptors (Lipinski definition) is 6. The van der Waals surface area contributed by atoms with Gasteiger partial charge in [0, 0.05) is 5.92 Å². The van der Waals surface area contributed by atoms with Gasteiger partial charge in [0.1, 0.15) is 18.6 Å². The average molecular weight is 560 g/mol. The van der Waals surface area contributed by atoms with Crippen molar-refractivity contribution >= 4 is 23.8 Å². The molecule has 0 aromatic heterocycles. The Morgan fingerprint density at radius 2 is 1.47 bits per heavy atom. The SMILES string of the molecule is CC(C)[C@H](NC(=O)CC([NH2+][C@H](C(=O)O)C(C)C)C(F)(F)F)C(=O)OCc1ccccc1.O=C([O-])C(F)(F)F. The Balaban J connectivity index is 0.00000171. The second-order valence-corrected chi connectivity index (χ2v) is 8.82. The van der Waals surface area contributed by atoms with Crippen LogP contribution in [0.3, 0.4) is 0 Å². The summed E-state index contributed by atoms with van der Waals surface area (Å²) in [5, 5.41) is 20.9. The first kappa shape index (κ1) is 34.6. The zero-order chi connectivity index (χ0) is 29.8. The fraction of sp³-hybridized carbons (Fsp3) is 0.565. The number of nitrogens with two attached hydrogens (primary N) is 1. The molecule has 15 heteroatoms. The van der Waals surface area contributed by atoms with E-state index in [2.05, 4.69) is 5.32 Å². The number of esters is 1. The lowest BCUT2D eigenvalue weighted by atomic mass is 10.0. The molecule has 0 radical (unpaired) electrons. The van der Waals surface area contributed by atoms with E-state index in [1.54, 1.807) is 44.2 Å². The van der Waals surface area contributed by atoms with Gasteiger partial charge in [0.15, 0.2) is 12.1 Å². The maximum atomic E-state index is 13.4. The predicted molar refractivity (Wildman–Crippen MR) is 117 cm³/mol. The van der Waals surface area contributed by atoms with Crippen molar-refractivity contribution in [2.75, 3.05) is 0 Å². The molecule has 0 aliphatic rings. The Kier molecular flexibility index (Phi) is 13.8. The summed E-state index contributed by atoms with van der Waals surface area (Å²) in [6.45, 7) is 6.19. The quantitative estimate of drug-likeness (QED) is 0.272. The summed E-state index contributed by atoms with van der Waals surface area (Å²) in [5.41, 5.74) is 0.727. The lowest BCUT2D eigenvalue weighted by Crippen LogP contribution is -3.00. The Labute approximate surface area is 214 Å². The minimum Gasteiger partial charge on any atom is -0.542 e. The van der Waals surface area contributed by atoms with Crippen LogP contribution < -0.4 is 15.7 Å². The maximum Gasteiger partial charge on any atom is 0.441 e. The number of halogens is 6. The normalized spacial score (nSPS) is 14.1. The van der Waals surface area contributed by atoms with Crippen molar-refractivity contribution in [3.05, 3.63) is 35.9 Å². The van der Waals surface area contributed by atoms with Gasteiger partial charge in [-0.1, -0.05) is 58.0 Å². The van der Waals surface area contributed by atoms with Gasteiger partial charge >= 0.3 is 24.3 Å². The van der Waals surface area contributed by atoms with E-state index in [0.717, 1.165) is 5.56 Å². The zero-order valence-corrected chi connectivity index (χ0v) is 20.9. The highest BCUT2D eigenvalue weighted by Gasteiger charge is 2.47. The number of carboxylic acids is 2. The third-order valence-electron chi connectivity index (χ3n) is 4.96. The van der Waals surface area contributed by atoms with Crippen molar-refractivity contribution in [3.8, 4) is 0 Å². The molecule has 0 fully saturated rings. The monoisotopic (exact) mass is 560 g/mol. The summed E-state index contributed by atoms with van der Waals surface area (Å²) in [5.74, 6) is -7.18. The van der Waals surface area contributed by atoms with E-state index in [9.17, 15) is 45.8 Å². The van der Waals surface area contributed by atoms with Crippen molar-refractivity contribution in [2.45, 2.75) is 71.2 Å². The number of carbonyl (C=O) groups is 4. The van der Waals surface area contributed by atoms with Crippen LogP contribution in [0.2, 0.25) is 0 Å². The van der Waals surface area contributed by atoms with Crippen LogP contribution in [0.25, 0.3) is 0 Å². The molecule has 3 atom stereocenters. The van der Waals surface area contributed by atoms with Gasteiger partial charge in [0.2, 0.25) is 5.91 Å². The zero-order valence-electron chi connectivity index (χ0n) is 20.9. The topological polar surface area (TPSA) is 149 Å². The Morgan fingerprint density at radius 1 is 0.974 bits per heavy atom. The summed E-state index contributed by atoms with van der Waals surface area (Å²) >= 11 is 0. The van der Waals surface area contributed by atoms with Gasteiger partial charge in [0.25, 0.3) is 0 Å². The Morgan fingerprint density at radius 3 is 1.84 bits per heavy atom. The predicted octanol–water partition coefficient (Wildman–Crippen LogP) is 1.16. The first-order valence-corrected chi connectivity index (χ1v) is 11.2. The fourth-order valence-corrected chi connectivity index (χ4v) is 2.88. The van der Waals surface area contributed by atoms with Crippen molar-refractivity contribution in [1.29, 1.82) is 0 Å². The van der Waals surface area contributed by atoms with Gasteiger partial charge in [-0.3, -0.25) is 4.79 Å². The minimum atomic E-state index is -5.19. The third kappa shape index (κ3) is 13.3. The number of carbonyl (C=O) groups excluding carboxylic acids is 3. The first-order chi connectivity index (χ1) is 17.3. The summed E-state index contributed by atoms with van der Waals surface area (Å²) in [4.78, 5) is 44.8. The molecule has 0 aliphatic heterocycles. The second-order valence-electron chi connectivity index (χ2n) is 8.82. The molecule has 1 rings (SSSR count). The maximum absolute atomic E-state index is 13.4. The molecule has 0 heterocycles. The van der Waals surface area contributed by atoms with Gasteiger partial charge < -0.3 is 30.4 Å². The molecule has 0 saturated carbocycles. The number of amides is 1. The lowest BCUT2D eigenvalue weighted by Gasteiger charge is -2.25. The van der Waals surface area contributed by atoms with Crippen LogP contribution in [0.4, 0.5) is 26.3 Å². The molecular formula is C23H30F6N2O7. The molecule has 0 saturated heterocycles. The molecule has 0 spiro atoms. The second kappa shape index (κ2) is 15.1. The molecule has 1 aromatic rings. The summed E-state index contributed by atoms with van der Waals surface area (Å²) in [7, 11) is 0. The highest BCUT2D eigenvalue weighted by molar-refractivity contribution is 5.85. The molecule has 0 bridgehead atoms. The molecule has 4 N–H and O–H groups in total. The van der Waals surface area contributed by atoms with Crippen molar-refractivity contribution in [2.24, 2.45) is 11.8 Å². The van der Waals surface area contributed by atoms with Crippen LogP contribution in [0.15, 0.2) is 30.3 Å². The van der Waals surface area contributed by atoms with Crippen molar-refractivity contribution in [1.82, 2.24) is 5.32 Å². The van der Waals surface area contributed by atoms with E-state index in [4.69, 9.17) is 14.6 Å². The number of benzene rings is 1. The molecule has 1 amide bonds. The van der Waals surface area contributed by atoms with Crippen molar-refractivity contribution in [3.63, 3.8) is 0 Å². The van der Waals surface area contributed by atoms with Crippen LogP contribution in [-0.4, -0.2) is 59.4 Å². The molecule has 1 unspecified atom stereocenters. The van der Waals surface area contributed by atoms with Gasteiger partial charge in [-0.15, -0.1) is 0 Å². The van der Waals surface area contributed by atoms with Crippen LogP contribution >= 0.6 is 0 Å². The third-order valence-corrected chi connectivity index (χ3v) is 4.96. The number of ether oxygens (including phenoxy) is 1. The van der Waals surface area contributed by atoms with Crippen molar-refractivity contribution < 1.29 is 65.8 Å². The van der Waals surface area contributed by atoms with Crippen LogP contribution in [-0.2, 0) is 30.5 Å². The summed E-state index contributed by atoms with van der Waals surface area (Å²) in [6, 6.07) is 4.05. The average Bonchev–Trinajstić information content (AvgIpc) is 2.77. The largest absolute Gasteiger partial charge is 0.542 e. The van der Waals surface area contributed by atoms with E-state index in [-0.39, 0.29) is 6.61 Å². The van der Waals surface area contributed by atoms with Gasteiger partial charge in [-0.25, -0.2) is 9.59 Å². The summed E-state index contributed by atoms with van der Waals surface area (Å²) in [6.07, 6.45) is -11.0. The van der Waals surface area contributed by atoms with Gasteiger partial charge in [0.05, 0.1) is 6.42 Å². The number of nitrogens with one attached hydrogen (secondary N) is 1. The number of alkyl halides is 6. The highest BCUT2D eigenvalue weighted by Crippen LogP contribution is 2.21. The van der Waals surface area contributed by atoms with Crippen LogP contribution in [0.1, 0.15) is 39.7 Å². The lowest BCUT2D eigenvalue weighted by molar-refractivity contribution is -0.736. The standard InChI is InChI=1S/C21H29F3N2O5.C2HF3O2/c1-12(2)17(19(28)29)25-15(21(22,23)24)10-16(27)26-18(13(3)4)20(30)31-11-14-8-6-5-7-9-14;3-2(4,5)1(6)7/h5-9,12-13,15,17-18,25H,10-11H2,1-4H3,(H,26,27)(H,28,29);(H,6,7)/t15?,17-,18-;/m0./s1. The smallest absolute Gasteiger partial charge is 0.441 e. The van der Waals surface area contributed by atoms with Gasteiger partial charge in [-0.2, -0.15) is 26.3 Å². The van der Waals surface area contributed by atoms with E-state index in [0.29, 0.717) is 5.32 Å². The van der Waals surface area contributed by atoms with E-state index in [1.165, 1.54) is 13.8 Å². The first-order valence-electron chi connectivity index (χ1n) is 11.2. The highest BCUT2D eigenvalue weighted by atomic mass is 19.4. The molecule has 1 aromatic carbocycles.